The molecule has 2 fully saturated rings. The summed E-state index contributed by atoms with van der Waals surface area (Å²) in [6, 6.07) is 9.65. The van der Waals surface area contributed by atoms with E-state index < -0.39 is 70.8 Å². The lowest BCUT2D eigenvalue weighted by atomic mass is 9.76. The number of hydrogen-bond donors (Lipinski definition) is 2. The van der Waals surface area contributed by atoms with E-state index in [1.165, 1.54) is 6.92 Å². The van der Waals surface area contributed by atoms with E-state index in [4.69, 9.17) is 23.7 Å². The quantitative estimate of drug-likeness (QED) is 0.162. The van der Waals surface area contributed by atoms with Gasteiger partial charge in [-0.25, -0.2) is 9.59 Å². The molecule has 4 unspecified atom stereocenters. The maximum Gasteiger partial charge on any atom is 0.345 e. The van der Waals surface area contributed by atoms with Gasteiger partial charge < -0.3 is 38.7 Å². The second kappa shape index (κ2) is 12.7. The molecule has 2 N–H and O–H groups in total. The lowest BCUT2D eigenvalue weighted by molar-refractivity contribution is -0.371. The van der Waals surface area contributed by atoms with E-state index in [-0.39, 0.29) is 25.0 Å². The van der Waals surface area contributed by atoms with Crippen LogP contribution in [0.5, 0.6) is 0 Å². The molecule has 0 spiro atoms. The third-order valence-electron chi connectivity index (χ3n) is 7.66. The van der Waals surface area contributed by atoms with Gasteiger partial charge in [-0.1, -0.05) is 43.8 Å². The highest BCUT2D eigenvalue weighted by molar-refractivity contribution is 5.97. The molecule has 11 heteroatoms. The van der Waals surface area contributed by atoms with Crippen molar-refractivity contribution in [1.29, 1.82) is 0 Å². The van der Waals surface area contributed by atoms with Crippen LogP contribution in [0.25, 0.3) is 0 Å². The normalized spacial score (nSPS) is 29.7. The summed E-state index contributed by atoms with van der Waals surface area (Å²) in [4.78, 5) is 51.8. The van der Waals surface area contributed by atoms with E-state index in [1.54, 1.807) is 41.5 Å². The Bertz CT molecular complexity index is 1250. The van der Waals surface area contributed by atoms with E-state index in [2.05, 4.69) is 6.58 Å². The molecule has 2 aliphatic heterocycles. The smallest absolute Gasteiger partial charge is 0.345 e. The molecule has 244 valence electrons. The SMILES string of the molecule is C=C(CCC12OC(C=O)C(O)(C(=O)OC(C)(C)C)C(C(=O)OC(C)(C)C)(C[C@H]1O)O2)[C@@H](OC(C)=O)[C@H](C)Cc1ccccc1. The van der Waals surface area contributed by atoms with Crippen molar-refractivity contribution in [3.63, 3.8) is 0 Å². The second-order valence-corrected chi connectivity index (χ2v) is 13.8. The first-order chi connectivity index (χ1) is 20.2. The molecule has 44 heavy (non-hydrogen) atoms. The number of hydrogen-bond acceptors (Lipinski definition) is 11. The minimum Gasteiger partial charge on any atom is -0.458 e. The Morgan fingerprint density at radius 3 is 2.16 bits per heavy atom. The zero-order valence-electron chi connectivity index (χ0n) is 26.9. The van der Waals surface area contributed by atoms with Crippen LogP contribution < -0.4 is 0 Å². The summed E-state index contributed by atoms with van der Waals surface area (Å²) < 4.78 is 28.7. The van der Waals surface area contributed by atoms with Gasteiger partial charge in [0.05, 0.1) is 0 Å². The van der Waals surface area contributed by atoms with E-state index in [9.17, 15) is 29.4 Å². The molecule has 2 saturated heterocycles. The molecule has 7 atom stereocenters. The Hall–Kier alpha value is -3.12. The number of ether oxygens (including phenoxy) is 5. The lowest BCUT2D eigenvalue weighted by Gasteiger charge is -2.50. The molecule has 2 aliphatic rings. The van der Waals surface area contributed by atoms with Gasteiger partial charge in [0, 0.05) is 25.7 Å². The molecule has 2 heterocycles. The van der Waals surface area contributed by atoms with Crippen molar-refractivity contribution in [1.82, 2.24) is 0 Å². The molecule has 0 saturated carbocycles. The van der Waals surface area contributed by atoms with E-state index in [0.29, 0.717) is 12.0 Å². The van der Waals surface area contributed by atoms with Gasteiger partial charge in [-0.3, -0.25) is 4.79 Å². The third kappa shape index (κ3) is 7.22. The first-order valence-corrected chi connectivity index (χ1v) is 14.8. The molecule has 1 aromatic rings. The van der Waals surface area contributed by atoms with E-state index >= 15 is 0 Å². The van der Waals surface area contributed by atoms with Gasteiger partial charge in [0.25, 0.3) is 0 Å². The minimum atomic E-state index is -2.99. The molecule has 0 aliphatic carbocycles. The Labute approximate surface area is 258 Å². The molecular weight excluding hydrogens is 572 g/mol. The first-order valence-electron chi connectivity index (χ1n) is 14.8. The van der Waals surface area contributed by atoms with Crippen LogP contribution in [-0.2, 0) is 49.3 Å². The highest BCUT2D eigenvalue weighted by Crippen LogP contribution is 2.55. The highest BCUT2D eigenvalue weighted by Gasteiger charge is 2.80. The monoisotopic (exact) mass is 618 g/mol. The number of aldehydes is 1. The van der Waals surface area contributed by atoms with Crippen LogP contribution in [0.15, 0.2) is 42.5 Å². The molecule has 11 nitrogen and oxygen atoms in total. The Balaban J connectivity index is 1.97. The lowest BCUT2D eigenvalue weighted by Crippen LogP contribution is -2.75. The third-order valence-corrected chi connectivity index (χ3v) is 7.66. The Morgan fingerprint density at radius 2 is 1.64 bits per heavy atom. The Morgan fingerprint density at radius 1 is 1.07 bits per heavy atom. The zero-order valence-corrected chi connectivity index (χ0v) is 26.9. The number of aliphatic hydroxyl groups excluding tert-OH is 1. The average Bonchev–Trinajstić information content (AvgIpc) is 3.16. The molecule has 1 aromatic carbocycles. The summed E-state index contributed by atoms with van der Waals surface area (Å²) in [6.07, 6.45) is -4.25. The van der Waals surface area contributed by atoms with Crippen molar-refractivity contribution in [2.75, 3.05) is 0 Å². The number of aliphatic hydroxyl groups is 2. The van der Waals surface area contributed by atoms with Crippen molar-refractivity contribution in [2.45, 2.75) is 128 Å². The average molecular weight is 619 g/mol. The fraction of sp³-hybridized carbons (Fsp3) is 0.636. The largest absolute Gasteiger partial charge is 0.458 e. The maximum atomic E-state index is 13.8. The predicted molar refractivity (Wildman–Crippen MR) is 158 cm³/mol. The minimum absolute atomic E-state index is 0.0645. The zero-order chi connectivity index (χ0) is 33.3. The van der Waals surface area contributed by atoms with Crippen LogP contribution in [0, 0.1) is 5.92 Å². The van der Waals surface area contributed by atoms with Crippen molar-refractivity contribution in [2.24, 2.45) is 5.92 Å². The van der Waals surface area contributed by atoms with Crippen molar-refractivity contribution in [3.05, 3.63) is 48.0 Å². The number of rotatable bonds is 11. The van der Waals surface area contributed by atoms with Gasteiger partial charge in [-0.15, -0.1) is 0 Å². The summed E-state index contributed by atoms with van der Waals surface area (Å²) in [6.45, 7) is 16.7. The summed E-state index contributed by atoms with van der Waals surface area (Å²) >= 11 is 0. The van der Waals surface area contributed by atoms with Gasteiger partial charge in [0.1, 0.15) is 23.4 Å². The number of esters is 3. The molecule has 3 rings (SSSR count). The van der Waals surface area contributed by atoms with Gasteiger partial charge in [-0.05, 0) is 65.5 Å². The summed E-state index contributed by atoms with van der Waals surface area (Å²) in [7, 11) is 0. The summed E-state index contributed by atoms with van der Waals surface area (Å²) in [5.41, 5.74) is -6.25. The molecule has 0 aromatic heterocycles. The van der Waals surface area contributed by atoms with Gasteiger partial charge >= 0.3 is 17.9 Å². The van der Waals surface area contributed by atoms with Crippen LogP contribution in [0.4, 0.5) is 0 Å². The number of benzene rings is 1. The van der Waals surface area contributed by atoms with Crippen LogP contribution in [0.2, 0.25) is 0 Å². The van der Waals surface area contributed by atoms with Crippen molar-refractivity contribution >= 4 is 24.2 Å². The van der Waals surface area contributed by atoms with Crippen LogP contribution in [-0.4, -0.2) is 80.9 Å². The first kappa shape index (κ1) is 35.4. The maximum absolute atomic E-state index is 13.8. The fourth-order valence-electron chi connectivity index (χ4n) is 5.73. The topological polar surface area (TPSA) is 155 Å². The predicted octanol–water partition coefficient (Wildman–Crippen LogP) is 3.36. The second-order valence-electron chi connectivity index (χ2n) is 13.8. The molecule has 0 radical (unpaired) electrons. The van der Waals surface area contributed by atoms with Crippen molar-refractivity contribution in [3.8, 4) is 0 Å². The van der Waals surface area contributed by atoms with Crippen LogP contribution in [0.3, 0.4) is 0 Å². The number of carbonyl (C=O) groups excluding carboxylic acids is 4. The van der Waals surface area contributed by atoms with Crippen LogP contribution >= 0.6 is 0 Å². The fourth-order valence-corrected chi connectivity index (χ4v) is 5.73. The van der Waals surface area contributed by atoms with Gasteiger partial charge in [-0.2, -0.15) is 0 Å². The number of carbonyl (C=O) groups is 4. The van der Waals surface area contributed by atoms with E-state index in [1.807, 2.05) is 37.3 Å². The standard InChI is InChI=1S/C33H46O11/c1-20(26(40-22(3)35)21(2)17-23-13-11-10-12-14-23)15-16-32-24(36)18-31(44-32,27(37)42-29(4,5)6)33(39,25(19-34)41-32)28(38)43-30(7,8)9/h10-14,19,21,24-26,36,39H,1,15-18H2,2-9H3/t21-,24-,25?,26-,31?,32?,33?/m1/s1. The number of fused-ring (bicyclic) bond motifs is 2. The molecule has 2 bridgehead atoms. The molecular formula is C33H46O11. The van der Waals surface area contributed by atoms with Crippen LogP contribution in [0.1, 0.15) is 80.2 Å². The van der Waals surface area contributed by atoms with Gasteiger partial charge in [0.2, 0.25) is 11.2 Å². The van der Waals surface area contributed by atoms with Gasteiger partial charge in [0.15, 0.2) is 18.2 Å². The Kier molecular flexibility index (Phi) is 10.2. The van der Waals surface area contributed by atoms with Crippen molar-refractivity contribution < 1.29 is 53.1 Å². The summed E-state index contributed by atoms with van der Waals surface area (Å²) in [5, 5.41) is 23.3. The highest BCUT2D eigenvalue weighted by atomic mass is 16.8. The molecule has 0 amide bonds. The van der Waals surface area contributed by atoms with E-state index in [0.717, 1.165) is 5.56 Å². The summed E-state index contributed by atoms with van der Waals surface area (Å²) in [5.74, 6) is -5.22.